The predicted molar refractivity (Wildman–Crippen MR) is 107 cm³/mol. The van der Waals surface area contributed by atoms with E-state index in [4.69, 9.17) is 14.2 Å². The van der Waals surface area contributed by atoms with E-state index < -0.39 is 17.5 Å². The van der Waals surface area contributed by atoms with Gasteiger partial charge in [-0.15, -0.1) is 0 Å². The van der Waals surface area contributed by atoms with E-state index in [2.05, 4.69) is 13.2 Å². The standard InChI is InChI=1S/C23H24O5/c1-15(2)21(24)26-18-9-7-17(8-10-18)23(5,6)28-20-13-11-19(12-14-20)27-22(25)16(3)4/h7-14H,1,3H2,2,4-6H3. The van der Waals surface area contributed by atoms with E-state index in [1.807, 2.05) is 26.0 Å². The average Bonchev–Trinajstić information content (AvgIpc) is 2.63. The molecule has 0 aliphatic carbocycles. The van der Waals surface area contributed by atoms with Crippen LogP contribution >= 0.6 is 0 Å². The Morgan fingerprint density at radius 1 is 0.714 bits per heavy atom. The molecule has 0 N–H and O–H groups in total. The maximum absolute atomic E-state index is 11.6. The van der Waals surface area contributed by atoms with Gasteiger partial charge in [0.1, 0.15) is 22.8 Å². The highest BCUT2D eigenvalue weighted by Gasteiger charge is 2.23. The topological polar surface area (TPSA) is 61.8 Å². The zero-order valence-corrected chi connectivity index (χ0v) is 16.6. The molecule has 0 fully saturated rings. The average molecular weight is 380 g/mol. The Hall–Kier alpha value is -3.34. The van der Waals surface area contributed by atoms with E-state index in [-0.39, 0.29) is 0 Å². The molecule has 0 bridgehead atoms. The van der Waals surface area contributed by atoms with Crippen LogP contribution in [0.3, 0.4) is 0 Å². The molecular formula is C23H24O5. The molecule has 0 saturated heterocycles. The molecule has 0 spiro atoms. The Morgan fingerprint density at radius 3 is 1.46 bits per heavy atom. The summed E-state index contributed by atoms with van der Waals surface area (Å²) >= 11 is 0. The highest BCUT2D eigenvalue weighted by atomic mass is 16.5. The van der Waals surface area contributed by atoms with Crippen molar-refractivity contribution < 1.29 is 23.8 Å². The second-order valence-electron chi connectivity index (χ2n) is 6.95. The van der Waals surface area contributed by atoms with E-state index in [1.54, 1.807) is 50.2 Å². The van der Waals surface area contributed by atoms with Crippen molar-refractivity contribution in [1.82, 2.24) is 0 Å². The van der Waals surface area contributed by atoms with Crippen molar-refractivity contribution >= 4 is 11.9 Å². The summed E-state index contributed by atoms with van der Waals surface area (Å²) in [4.78, 5) is 23.1. The lowest BCUT2D eigenvalue weighted by atomic mass is 9.98. The zero-order chi connectivity index (χ0) is 20.9. The third kappa shape index (κ3) is 5.58. The van der Waals surface area contributed by atoms with Crippen molar-refractivity contribution in [2.24, 2.45) is 0 Å². The van der Waals surface area contributed by atoms with Gasteiger partial charge in [0.15, 0.2) is 0 Å². The lowest BCUT2D eigenvalue weighted by Crippen LogP contribution is -2.25. The molecule has 0 heterocycles. The molecule has 0 amide bonds. The van der Waals surface area contributed by atoms with Gasteiger partial charge in [-0.2, -0.15) is 0 Å². The number of rotatable bonds is 7. The third-order valence-electron chi connectivity index (χ3n) is 3.86. The molecule has 2 aromatic carbocycles. The summed E-state index contributed by atoms with van der Waals surface area (Å²) in [5, 5.41) is 0. The van der Waals surface area contributed by atoms with Crippen LogP contribution in [0, 0.1) is 0 Å². The second-order valence-corrected chi connectivity index (χ2v) is 6.95. The van der Waals surface area contributed by atoms with Crippen LogP contribution in [0.4, 0.5) is 0 Å². The van der Waals surface area contributed by atoms with Gasteiger partial charge in [0, 0.05) is 11.1 Å². The van der Waals surface area contributed by atoms with Gasteiger partial charge in [0.05, 0.1) is 0 Å². The molecule has 2 rings (SSSR count). The Morgan fingerprint density at radius 2 is 1.07 bits per heavy atom. The van der Waals surface area contributed by atoms with Gasteiger partial charge < -0.3 is 14.2 Å². The van der Waals surface area contributed by atoms with Crippen LogP contribution in [0.2, 0.25) is 0 Å². The molecule has 2 aromatic rings. The summed E-state index contributed by atoms with van der Waals surface area (Å²) in [5.41, 5.74) is 0.941. The molecule has 28 heavy (non-hydrogen) atoms. The van der Waals surface area contributed by atoms with Crippen LogP contribution in [0.25, 0.3) is 0 Å². The molecule has 5 heteroatoms. The molecule has 0 aromatic heterocycles. The number of carbonyl (C=O) groups is 2. The van der Waals surface area contributed by atoms with Crippen molar-refractivity contribution in [2.75, 3.05) is 0 Å². The SMILES string of the molecule is C=C(C)C(=O)Oc1ccc(OC(C)(C)c2ccc(OC(=O)C(=C)C)cc2)cc1. The van der Waals surface area contributed by atoms with Crippen LogP contribution in [-0.4, -0.2) is 11.9 Å². The molecule has 0 atom stereocenters. The van der Waals surface area contributed by atoms with Gasteiger partial charge in [-0.25, -0.2) is 9.59 Å². The Bertz CT molecular complexity index is 890. The van der Waals surface area contributed by atoms with Gasteiger partial charge in [0.2, 0.25) is 0 Å². The van der Waals surface area contributed by atoms with Crippen LogP contribution < -0.4 is 14.2 Å². The summed E-state index contributed by atoms with van der Waals surface area (Å²) in [7, 11) is 0. The van der Waals surface area contributed by atoms with Gasteiger partial charge >= 0.3 is 11.9 Å². The van der Waals surface area contributed by atoms with Crippen molar-refractivity contribution in [1.29, 1.82) is 0 Å². The lowest BCUT2D eigenvalue weighted by Gasteiger charge is -2.27. The first-order valence-corrected chi connectivity index (χ1v) is 8.73. The fourth-order valence-corrected chi connectivity index (χ4v) is 2.24. The summed E-state index contributed by atoms with van der Waals surface area (Å²) in [5.74, 6) is 0.549. The smallest absolute Gasteiger partial charge is 0.338 e. The predicted octanol–water partition coefficient (Wildman–Crippen LogP) is 4.96. The van der Waals surface area contributed by atoms with E-state index >= 15 is 0 Å². The van der Waals surface area contributed by atoms with Crippen molar-refractivity contribution in [3.63, 3.8) is 0 Å². The van der Waals surface area contributed by atoms with E-state index in [0.29, 0.717) is 28.4 Å². The van der Waals surface area contributed by atoms with E-state index in [0.717, 1.165) is 5.56 Å². The minimum absolute atomic E-state index is 0.332. The molecule has 0 radical (unpaired) electrons. The summed E-state index contributed by atoms with van der Waals surface area (Å²) in [6.45, 7) is 14.2. The van der Waals surface area contributed by atoms with Crippen molar-refractivity contribution in [2.45, 2.75) is 33.3 Å². The van der Waals surface area contributed by atoms with Crippen LogP contribution in [-0.2, 0) is 15.2 Å². The maximum Gasteiger partial charge on any atom is 0.338 e. The van der Waals surface area contributed by atoms with Gasteiger partial charge in [-0.05, 0) is 69.7 Å². The number of carbonyl (C=O) groups excluding carboxylic acids is 2. The van der Waals surface area contributed by atoms with Crippen molar-refractivity contribution in [3.05, 3.63) is 78.4 Å². The Labute approximate surface area is 165 Å². The first-order chi connectivity index (χ1) is 13.1. The quantitative estimate of drug-likeness (QED) is 0.386. The normalized spacial score (nSPS) is 10.7. The fraction of sp³-hybridized carbons (Fsp3) is 0.217. The lowest BCUT2D eigenvalue weighted by molar-refractivity contribution is -0.130. The fourth-order valence-electron chi connectivity index (χ4n) is 2.24. The molecule has 0 unspecified atom stereocenters. The maximum atomic E-state index is 11.6. The molecular weight excluding hydrogens is 356 g/mol. The highest BCUT2D eigenvalue weighted by molar-refractivity contribution is 5.89. The number of esters is 2. The second kappa shape index (κ2) is 8.57. The van der Waals surface area contributed by atoms with E-state index in [1.165, 1.54) is 0 Å². The van der Waals surface area contributed by atoms with Crippen LogP contribution in [0.15, 0.2) is 72.8 Å². The van der Waals surface area contributed by atoms with Gasteiger partial charge in [-0.3, -0.25) is 0 Å². The minimum Gasteiger partial charge on any atom is -0.483 e. The third-order valence-corrected chi connectivity index (χ3v) is 3.86. The number of hydrogen-bond acceptors (Lipinski definition) is 5. The first kappa shape index (κ1) is 21.0. The first-order valence-electron chi connectivity index (χ1n) is 8.73. The molecule has 0 aliphatic heterocycles. The number of benzene rings is 2. The van der Waals surface area contributed by atoms with Crippen LogP contribution in [0.5, 0.6) is 17.2 Å². The summed E-state index contributed by atoms with van der Waals surface area (Å²) < 4.78 is 16.4. The minimum atomic E-state index is -0.632. The monoisotopic (exact) mass is 380 g/mol. The number of ether oxygens (including phenoxy) is 3. The zero-order valence-electron chi connectivity index (χ0n) is 16.6. The van der Waals surface area contributed by atoms with E-state index in [9.17, 15) is 9.59 Å². The summed E-state index contributed by atoms with van der Waals surface area (Å²) in [6, 6.07) is 13.9. The Kier molecular flexibility index (Phi) is 6.41. The number of hydrogen-bond donors (Lipinski definition) is 0. The van der Waals surface area contributed by atoms with Gasteiger partial charge in [0.25, 0.3) is 0 Å². The van der Waals surface area contributed by atoms with Crippen LogP contribution in [0.1, 0.15) is 33.3 Å². The molecule has 0 aliphatic rings. The highest BCUT2D eigenvalue weighted by Crippen LogP contribution is 2.30. The molecule has 146 valence electrons. The van der Waals surface area contributed by atoms with Gasteiger partial charge in [-0.1, -0.05) is 25.3 Å². The summed E-state index contributed by atoms with van der Waals surface area (Å²) in [6.07, 6.45) is 0. The molecule has 0 saturated carbocycles. The van der Waals surface area contributed by atoms with Crippen molar-refractivity contribution in [3.8, 4) is 17.2 Å². The largest absolute Gasteiger partial charge is 0.483 e. The molecule has 5 nitrogen and oxygen atoms in total. The Balaban J connectivity index is 2.06.